The molecule has 1 amide bonds. The molecule has 0 spiro atoms. The normalized spacial score (nSPS) is 18.9. The summed E-state index contributed by atoms with van der Waals surface area (Å²) < 4.78 is 17.6. The van der Waals surface area contributed by atoms with Gasteiger partial charge in [-0.25, -0.2) is 0 Å². The fraction of sp³-hybridized carbons (Fsp3) is 0.381. The second kappa shape index (κ2) is 7.80. The lowest BCUT2D eigenvalue weighted by atomic mass is 10.0. The Morgan fingerprint density at radius 1 is 1.11 bits per heavy atom. The Kier molecular flexibility index (Phi) is 5.25. The molecule has 0 aliphatic carbocycles. The number of benzene rings is 2. The van der Waals surface area contributed by atoms with Gasteiger partial charge < -0.3 is 19.1 Å². The summed E-state index contributed by atoms with van der Waals surface area (Å²) in [5, 5.41) is 0. The molecule has 6 heteroatoms. The van der Waals surface area contributed by atoms with Crippen molar-refractivity contribution in [1.29, 1.82) is 0 Å². The Balaban J connectivity index is 1.59. The van der Waals surface area contributed by atoms with Crippen molar-refractivity contribution in [1.82, 2.24) is 4.90 Å². The van der Waals surface area contributed by atoms with Gasteiger partial charge in [0.25, 0.3) is 5.91 Å². The second-order valence-electron chi connectivity index (χ2n) is 6.76. The molecule has 4 rings (SSSR count). The molecule has 1 saturated heterocycles. The molecule has 0 bridgehead atoms. The van der Waals surface area contributed by atoms with E-state index in [0.29, 0.717) is 24.5 Å². The molecule has 1 fully saturated rings. The number of halogens is 1. The molecule has 2 heterocycles. The third-order valence-corrected chi connectivity index (χ3v) is 5.69. The summed E-state index contributed by atoms with van der Waals surface area (Å²) in [5.74, 6) is 2.31. The van der Waals surface area contributed by atoms with Crippen molar-refractivity contribution in [2.24, 2.45) is 0 Å². The van der Waals surface area contributed by atoms with Crippen LogP contribution < -0.4 is 14.2 Å². The summed E-state index contributed by atoms with van der Waals surface area (Å²) in [6.07, 6.45) is 2.81. The Morgan fingerprint density at radius 2 is 1.93 bits per heavy atom. The topological polar surface area (TPSA) is 48.0 Å². The predicted octanol–water partition coefficient (Wildman–Crippen LogP) is 4.60. The third-order valence-electron chi connectivity index (χ3n) is 5.07. The van der Waals surface area contributed by atoms with Gasteiger partial charge in [-0.1, -0.05) is 6.07 Å². The summed E-state index contributed by atoms with van der Waals surface area (Å²) >= 11 is 3.47. The van der Waals surface area contributed by atoms with Crippen LogP contribution in [0.2, 0.25) is 0 Å². The molecular weight excluding hydrogens is 410 g/mol. The molecule has 0 aromatic heterocycles. The zero-order valence-corrected chi connectivity index (χ0v) is 16.8. The van der Waals surface area contributed by atoms with E-state index in [4.69, 9.17) is 14.2 Å². The SMILES string of the molecule is COc1ccc(C(=O)N2CCC[C@H]2c2ccc3c(c2)OCCCO3)cc1Br. The molecule has 1 atom stereocenters. The summed E-state index contributed by atoms with van der Waals surface area (Å²) in [6, 6.07) is 11.5. The largest absolute Gasteiger partial charge is 0.496 e. The first-order chi connectivity index (χ1) is 13.2. The van der Waals surface area contributed by atoms with Gasteiger partial charge in [0, 0.05) is 18.5 Å². The Labute approximate surface area is 167 Å². The number of carbonyl (C=O) groups is 1. The molecular formula is C21H22BrNO4. The van der Waals surface area contributed by atoms with Gasteiger partial charge in [-0.15, -0.1) is 0 Å². The lowest BCUT2D eigenvalue weighted by Gasteiger charge is -2.26. The Hall–Kier alpha value is -2.21. The first-order valence-electron chi connectivity index (χ1n) is 9.21. The number of hydrogen-bond donors (Lipinski definition) is 0. The van der Waals surface area contributed by atoms with Crippen LogP contribution in [0.15, 0.2) is 40.9 Å². The smallest absolute Gasteiger partial charge is 0.254 e. The first kappa shape index (κ1) is 18.2. The van der Waals surface area contributed by atoms with Crippen LogP contribution in [0.4, 0.5) is 0 Å². The molecule has 142 valence electrons. The molecule has 0 radical (unpaired) electrons. The highest BCUT2D eigenvalue weighted by Crippen LogP contribution is 2.39. The number of methoxy groups -OCH3 is 1. The van der Waals surface area contributed by atoms with E-state index in [2.05, 4.69) is 15.9 Å². The summed E-state index contributed by atoms with van der Waals surface area (Å²) in [4.78, 5) is 15.1. The van der Waals surface area contributed by atoms with Crippen molar-refractivity contribution in [3.8, 4) is 17.2 Å². The molecule has 2 aliphatic rings. The van der Waals surface area contributed by atoms with Crippen molar-refractivity contribution in [2.45, 2.75) is 25.3 Å². The molecule has 0 unspecified atom stereocenters. The highest BCUT2D eigenvalue weighted by molar-refractivity contribution is 9.10. The number of ether oxygens (including phenoxy) is 3. The van der Waals surface area contributed by atoms with E-state index in [1.54, 1.807) is 7.11 Å². The number of amides is 1. The van der Waals surface area contributed by atoms with E-state index in [-0.39, 0.29) is 11.9 Å². The van der Waals surface area contributed by atoms with E-state index < -0.39 is 0 Å². The number of carbonyl (C=O) groups excluding carboxylic acids is 1. The average molecular weight is 432 g/mol. The highest BCUT2D eigenvalue weighted by atomic mass is 79.9. The van der Waals surface area contributed by atoms with Crippen LogP contribution >= 0.6 is 15.9 Å². The Bertz CT molecular complexity index is 854. The van der Waals surface area contributed by atoms with Gasteiger partial charge in [-0.05, 0) is 64.7 Å². The van der Waals surface area contributed by atoms with Gasteiger partial charge in [-0.3, -0.25) is 4.79 Å². The quantitative estimate of drug-likeness (QED) is 0.712. The number of likely N-dealkylation sites (tertiary alicyclic amines) is 1. The monoisotopic (exact) mass is 431 g/mol. The lowest BCUT2D eigenvalue weighted by molar-refractivity contribution is 0.0735. The summed E-state index contributed by atoms with van der Waals surface area (Å²) in [7, 11) is 1.61. The number of hydrogen-bond acceptors (Lipinski definition) is 4. The third kappa shape index (κ3) is 3.63. The molecule has 27 heavy (non-hydrogen) atoms. The fourth-order valence-electron chi connectivity index (χ4n) is 3.71. The van der Waals surface area contributed by atoms with Crippen molar-refractivity contribution in [3.63, 3.8) is 0 Å². The first-order valence-corrected chi connectivity index (χ1v) is 10.0. The van der Waals surface area contributed by atoms with E-state index >= 15 is 0 Å². The summed E-state index contributed by atoms with van der Waals surface area (Å²) in [6.45, 7) is 2.08. The van der Waals surface area contributed by atoms with Gasteiger partial charge in [0.2, 0.25) is 0 Å². The maximum atomic E-state index is 13.1. The number of fused-ring (bicyclic) bond motifs is 1. The van der Waals surface area contributed by atoms with Gasteiger partial charge in [0.15, 0.2) is 11.5 Å². The molecule has 0 saturated carbocycles. The Morgan fingerprint density at radius 3 is 2.70 bits per heavy atom. The van der Waals surface area contributed by atoms with E-state index in [9.17, 15) is 4.79 Å². The van der Waals surface area contributed by atoms with Crippen LogP contribution in [-0.2, 0) is 0 Å². The zero-order chi connectivity index (χ0) is 18.8. The fourth-order valence-corrected chi connectivity index (χ4v) is 4.25. The van der Waals surface area contributed by atoms with Crippen molar-refractivity contribution in [3.05, 3.63) is 52.0 Å². The van der Waals surface area contributed by atoms with Gasteiger partial charge in [0.05, 0.1) is 30.8 Å². The highest BCUT2D eigenvalue weighted by Gasteiger charge is 2.31. The molecule has 0 N–H and O–H groups in total. The van der Waals surface area contributed by atoms with E-state index in [1.165, 1.54) is 0 Å². The van der Waals surface area contributed by atoms with Crippen molar-refractivity contribution < 1.29 is 19.0 Å². The minimum atomic E-state index is 0.0352. The minimum Gasteiger partial charge on any atom is -0.496 e. The summed E-state index contributed by atoms with van der Waals surface area (Å²) in [5.41, 5.74) is 1.75. The van der Waals surface area contributed by atoms with Crippen LogP contribution in [0, 0.1) is 0 Å². The molecule has 2 aromatic carbocycles. The van der Waals surface area contributed by atoms with E-state index in [1.807, 2.05) is 41.3 Å². The van der Waals surface area contributed by atoms with Gasteiger partial charge in [-0.2, -0.15) is 0 Å². The van der Waals surface area contributed by atoms with Gasteiger partial charge in [0.1, 0.15) is 5.75 Å². The van der Waals surface area contributed by atoms with Crippen LogP contribution in [0.3, 0.4) is 0 Å². The van der Waals surface area contributed by atoms with Gasteiger partial charge >= 0.3 is 0 Å². The second-order valence-corrected chi connectivity index (χ2v) is 7.62. The maximum absolute atomic E-state index is 13.1. The number of rotatable bonds is 3. The maximum Gasteiger partial charge on any atom is 0.254 e. The lowest BCUT2D eigenvalue weighted by Crippen LogP contribution is -2.30. The van der Waals surface area contributed by atoms with E-state index in [0.717, 1.165) is 47.3 Å². The van der Waals surface area contributed by atoms with Crippen LogP contribution in [0.25, 0.3) is 0 Å². The standard InChI is InChI=1S/C21H22BrNO4/c1-25-18-7-6-15(12-16(18)22)21(24)23-9-2-4-17(23)14-5-8-19-20(13-14)27-11-3-10-26-19/h5-8,12-13,17H,2-4,9-11H2,1H3/t17-/m0/s1. The number of nitrogens with zero attached hydrogens (tertiary/aromatic N) is 1. The zero-order valence-electron chi connectivity index (χ0n) is 15.2. The predicted molar refractivity (Wildman–Crippen MR) is 106 cm³/mol. The van der Waals surface area contributed by atoms with Crippen LogP contribution in [0.5, 0.6) is 17.2 Å². The van der Waals surface area contributed by atoms with Crippen molar-refractivity contribution >= 4 is 21.8 Å². The van der Waals surface area contributed by atoms with Crippen molar-refractivity contribution in [2.75, 3.05) is 26.9 Å². The molecule has 5 nitrogen and oxygen atoms in total. The van der Waals surface area contributed by atoms with Crippen LogP contribution in [-0.4, -0.2) is 37.7 Å². The molecule has 2 aliphatic heterocycles. The van der Waals surface area contributed by atoms with Crippen LogP contribution in [0.1, 0.15) is 41.2 Å². The minimum absolute atomic E-state index is 0.0352. The molecule has 2 aromatic rings. The average Bonchev–Trinajstić information content (AvgIpc) is 3.06.